The standard InChI is InChI=1S/2C44H25N5.C39H23N5.C6H6/c45-26-28-19-22-38-35(25-28)42-40(48(38)31-14-5-2-6-15-31)24-21-33-32-20-23-39-41(43(32)49(44(33)42)36-17-9-7-11-29(36)27-46)34-16-8-10-18-37(34)47(39)30-12-3-1-4-13-30;45-26-28-18-20-32(21-19-28)49-43-33(22-24-38-40(43)35-15-7-8-17-37(35)47(38)30-11-3-1-4-12-30)34-23-25-39-41(44(34)49)36-16-9-10-29(27-46)42(36)48(39)31-13-5-2-6-14-31;1-42-38-28(19-20-34-35(38)29-11-5-7-13-32(29)43(34)27-17-15-24(22-40)16-18-27)31-21-25(23-41)37-36(39(31)42)30-12-6-8-14-33(30)44(37)26-9-3-2-4-10-26;1-2-4-6-5-3-1/h2*1-25H;2-21H,1H3;1-6H. The van der Waals surface area contributed by atoms with Gasteiger partial charge in [-0.05, 0) is 206 Å². The lowest BCUT2D eigenvalue weighted by Crippen LogP contribution is -1.98. The van der Waals surface area contributed by atoms with E-state index in [1.165, 1.54) is 10.8 Å². The molecule has 9 aromatic heterocycles. The van der Waals surface area contributed by atoms with Gasteiger partial charge in [-0.1, -0.05) is 255 Å². The van der Waals surface area contributed by atoms with E-state index in [-0.39, 0.29) is 0 Å². The van der Waals surface area contributed by atoms with E-state index in [1.54, 1.807) is 0 Å². The fourth-order valence-corrected chi connectivity index (χ4v) is 23.6. The minimum atomic E-state index is 0.589. The van der Waals surface area contributed by atoms with Crippen LogP contribution in [0.3, 0.4) is 0 Å². The molecule has 148 heavy (non-hydrogen) atoms. The molecule has 0 saturated heterocycles. The molecule has 0 bridgehead atoms. The molecule has 9 heterocycles. The van der Waals surface area contributed by atoms with Crippen LogP contribution in [0.5, 0.6) is 0 Å². The van der Waals surface area contributed by atoms with Crippen molar-refractivity contribution >= 4 is 196 Å². The van der Waals surface area contributed by atoms with Gasteiger partial charge in [-0.25, -0.2) is 0 Å². The number of rotatable bonds is 8. The Labute approximate surface area is 846 Å². The monoisotopic (exact) mass is 1890 g/mol. The molecule has 21 aromatic carbocycles. The van der Waals surface area contributed by atoms with Crippen LogP contribution in [0, 0.1) is 68.0 Å². The Kier molecular flexibility index (Phi) is 20.1. The third-order valence-corrected chi connectivity index (χ3v) is 29.5. The first kappa shape index (κ1) is 85.9. The molecule has 0 unspecified atom stereocenters. The summed E-state index contributed by atoms with van der Waals surface area (Å²) in [6.45, 7) is 0. The smallest absolute Gasteiger partial charge is 0.101 e. The van der Waals surface area contributed by atoms with Crippen molar-refractivity contribution in [2.75, 3.05) is 0 Å². The molecular formula is C133H79N15. The second-order valence-electron chi connectivity index (χ2n) is 37.2. The van der Waals surface area contributed by atoms with Crippen molar-refractivity contribution in [3.8, 4) is 81.9 Å². The average Bonchev–Trinajstić information content (AvgIpc) is 1.50. The molecule has 0 radical (unpaired) electrons. The van der Waals surface area contributed by atoms with Crippen LogP contribution in [0.15, 0.2) is 461 Å². The van der Waals surface area contributed by atoms with Gasteiger partial charge in [0.25, 0.3) is 0 Å². The maximum Gasteiger partial charge on any atom is 0.101 e. The van der Waals surface area contributed by atoms with Gasteiger partial charge in [-0.2, -0.15) is 31.6 Å². The molecule has 0 aliphatic heterocycles. The lowest BCUT2D eigenvalue weighted by molar-refractivity contribution is 1.02. The molecule has 0 spiro atoms. The number of benzene rings is 21. The average molecular weight is 1890 g/mol. The van der Waals surface area contributed by atoms with Gasteiger partial charge in [0.2, 0.25) is 0 Å². The zero-order valence-electron chi connectivity index (χ0n) is 79.6. The Morgan fingerprint density at radius 1 is 0.149 bits per heavy atom. The van der Waals surface area contributed by atoms with Crippen molar-refractivity contribution in [2.24, 2.45) is 7.05 Å². The predicted octanol–water partition coefficient (Wildman–Crippen LogP) is 32.4. The fraction of sp³-hybridized carbons (Fsp3) is 0.00752. The lowest BCUT2D eigenvalue weighted by atomic mass is 10.0. The zero-order chi connectivity index (χ0) is 99.0. The van der Waals surface area contributed by atoms with E-state index in [9.17, 15) is 31.6 Å². The zero-order valence-corrected chi connectivity index (χ0v) is 79.6. The number of aromatic nitrogens is 9. The first-order valence-corrected chi connectivity index (χ1v) is 49.0. The normalized spacial score (nSPS) is 11.5. The quantitative estimate of drug-likeness (QED) is 0.146. The van der Waals surface area contributed by atoms with E-state index in [2.05, 4.69) is 358 Å². The van der Waals surface area contributed by atoms with Gasteiger partial charge in [0.05, 0.1) is 157 Å². The highest BCUT2D eigenvalue weighted by Crippen LogP contribution is 2.52. The Morgan fingerprint density at radius 2 is 0.426 bits per heavy atom. The van der Waals surface area contributed by atoms with Gasteiger partial charge >= 0.3 is 0 Å². The summed E-state index contributed by atoms with van der Waals surface area (Å²) < 4.78 is 20.7. The van der Waals surface area contributed by atoms with Gasteiger partial charge in [0.1, 0.15) is 18.2 Å². The predicted molar refractivity (Wildman–Crippen MR) is 603 cm³/mol. The largest absolute Gasteiger partial charge is 0.342 e. The summed E-state index contributed by atoms with van der Waals surface area (Å²) in [5.74, 6) is 0. The Morgan fingerprint density at radius 3 is 0.845 bits per heavy atom. The highest BCUT2D eigenvalue weighted by molar-refractivity contribution is 6.36. The van der Waals surface area contributed by atoms with Crippen LogP contribution in [-0.4, -0.2) is 41.1 Å². The molecule has 686 valence electrons. The van der Waals surface area contributed by atoms with Crippen molar-refractivity contribution in [1.82, 2.24) is 41.1 Å². The van der Waals surface area contributed by atoms with E-state index < -0.39 is 0 Å². The third kappa shape index (κ3) is 13.0. The van der Waals surface area contributed by atoms with Crippen molar-refractivity contribution in [1.29, 1.82) is 31.6 Å². The molecule has 0 aliphatic rings. The number of para-hydroxylation sites is 11. The van der Waals surface area contributed by atoms with Gasteiger partial charge in [-0.15, -0.1) is 0 Å². The molecular weight excluding hydrogens is 1810 g/mol. The van der Waals surface area contributed by atoms with Gasteiger partial charge in [0.15, 0.2) is 0 Å². The maximum absolute atomic E-state index is 10.6. The molecule has 0 fully saturated rings. The second-order valence-corrected chi connectivity index (χ2v) is 37.2. The molecule has 15 nitrogen and oxygen atoms in total. The molecule has 0 N–H and O–H groups in total. The fourth-order valence-electron chi connectivity index (χ4n) is 23.6. The van der Waals surface area contributed by atoms with Crippen LogP contribution >= 0.6 is 0 Å². The summed E-state index contributed by atoms with van der Waals surface area (Å²) in [5.41, 5.74) is 30.9. The van der Waals surface area contributed by atoms with Crippen molar-refractivity contribution in [3.05, 3.63) is 494 Å². The van der Waals surface area contributed by atoms with Crippen molar-refractivity contribution in [3.63, 3.8) is 0 Å². The summed E-state index contributed by atoms with van der Waals surface area (Å²) in [6.07, 6.45) is 0. The molecule has 30 rings (SSSR count). The summed E-state index contributed by atoms with van der Waals surface area (Å²) in [6, 6.07) is 172. The van der Waals surface area contributed by atoms with Crippen molar-refractivity contribution in [2.45, 2.75) is 0 Å². The van der Waals surface area contributed by atoms with Gasteiger partial charge in [-0.3, -0.25) is 0 Å². The van der Waals surface area contributed by atoms with E-state index in [4.69, 9.17) is 0 Å². The number of hydrogen-bond acceptors (Lipinski definition) is 6. The van der Waals surface area contributed by atoms with Crippen LogP contribution in [0.1, 0.15) is 33.4 Å². The minimum Gasteiger partial charge on any atom is -0.342 e. The topological polar surface area (TPSA) is 187 Å². The second kappa shape index (κ2) is 34.6. The minimum absolute atomic E-state index is 0.589. The molecule has 0 atom stereocenters. The molecule has 0 saturated carbocycles. The third-order valence-electron chi connectivity index (χ3n) is 29.5. The van der Waals surface area contributed by atoms with Gasteiger partial charge in [0, 0.05) is 144 Å². The number of aryl methyl sites for hydroxylation is 1. The highest BCUT2D eigenvalue weighted by atomic mass is 15.1. The van der Waals surface area contributed by atoms with E-state index in [1.807, 2.05) is 188 Å². The van der Waals surface area contributed by atoms with Crippen LogP contribution < -0.4 is 0 Å². The lowest BCUT2D eigenvalue weighted by Gasteiger charge is -2.12. The first-order valence-electron chi connectivity index (χ1n) is 49.0. The summed E-state index contributed by atoms with van der Waals surface area (Å²) in [5, 5.41) is 80.4. The number of nitrogens with zero attached hydrogens (tertiary/aromatic N) is 15. The Balaban J connectivity index is 0.000000107. The SMILES string of the molecule is Cn1c2c(ccc3c2c2ccccc2n3-c2ccc(C#N)cc2)c2cc(C#N)c3c(c4ccccc4n3-c3ccccc3)c21.N#Cc1ccc(-n2c3c(ccc4c3c3ccccc3n4-c3ccccc3)c3ccc4c(c5cccc(C#N)c5n4-c4ccccc4)c32)cc1.N#Cc1ccc2c(c1)c1c(ccc3c4ccc5c(c6ccccc6n5-c5ccccc5)c4n(-c4ccccc4C#N)c31)n2-c1ccccc1.c1ccccc1. The highest BCUT2D eigenvalue weighted by Gasteiger charge is 2.32. The van der Waals surface area contributed by atoms with Crippen LogP contribution in [0.25, 0.3) is 242 Å². The first-order chi connectivity index (χ1) is 73.2. The van der Waals surface area contributed by atoms with Crippen molar-refractivity contribution < 1.29 is 0 Å². The van der Waals surface area contributed by atoms with Gasteiger partial charge < -0.3 is 41.1 Å². The molecule has 0 amide bonds. The van der Waals surface area contributed by atoms with E-state index in [0.717, 1.165) is 231 Å². The van der Waals surface area contributed by atoms with Crippen LogP contribution in [0.4, 0.5) is 0 Å². The summed E-state index contributed by atoms with van der Waals surface area (Å²) >= 11 is 0. The van der Waals surface area contributed by atoms with E-state index in [0.29, 0.717) is 33.4 Å². The van der Waals surface area contributed by atoms with Crippen LogP contribution in [0.2, 0.25) is 0 Å². The summed E-state index contributed by atoms with van der Waals surface area (Å²) in [4.78, 5) is 0. The maximum atomic E-state index is 10.6. The summed E-state index contributed by atoms with van der Waals surface area (Å²) in [7, 11) is 2.15. The Bertz CT molecular complexity index is 11000. The van der Waals surface area contributed by atoms with Crippen LogP contribution in [-0.2, 0) is 7.05 Å². The molecule has 0 aliphatic carbocycles. The number of nitriles is 6. The molecule has 30 aromatic rings. The van der Waals surface area contributed by atoms with E-state index >= 15 is 0 Å². The Hall–Kier alpha value is -21.2. The number of hydrogen-bond donors (Lipinski definition) is 0. The number of fused-ring (bicyclic) bond motifs is 33. The molecule has 15 heteroatoms.